The van der Waals surface area contributed by atoms with Crippen LogP contribution in [0.25, 0.3) is 0 Å². The van der Waals surface area contributed by atoms with Crippen molar-refractivity contribution in [3.63, 3.8) is 0 Å². The summed E-state index contributed by atoms with van der Waals surface area (Å²) < 4.78 is 0. The lowest BCUT2D eigenvalue weighted by atomic mass is 9.69. The second-order valence-electron chi connectivity index (χ2n) is 8.74. The van der Waals surface area contributed by atoms with Crippen LogP contribution in [-0.2, 0) is 4.79 Å². The van der Waals surface area contributed by atoms with Crippen LogP contribution in [0.3, 0.4) is 0 Å². The Morgan fingerprint density at radius 1 is 1.20 bits per heavy atom. The van der Waals surface area contributed by atoms with E-state index < -0.39 is 0 Å². The first-order valence-corrected chi connectivity index (χ1v) is 8.02. The number of hydrogen-bond acceptors (Lipinski definition) is 2. The predicted molar refractivity (Wildman–Crippen MR) is 85.4 cm³/mol. The van der Waals surface area contributed by atoms with E-state index in [0.29, 0.717) is 6.54 Å². The molecule has 1 rings (SSSR count). The average Bonchev–Trinajstić information content (AvgIpc) is 2.26. The van der Waals surface area contributed by atoms with Gasteiger partial charge in [0.2, 0.25) is 5.91 Å². The molecule has 3 nitrogen and oxygen atoms in total. The lowest BCUT2D eigenvalue weighted by molar-refractivity contribution is -0.134. The molecule has 20 heavy (non-hydrogen) atoms. The quantitative estimate of drug-likeness (QED) is 0.829. The van der Waals surface area contributed by atoms with Gasteiger partial charge in [0.1, 0.15) is 0 Å². The first-order valence-electron chi connectivity index (χ1n) is 8.02. The summed E-state index contributed by atoms with van der Waals surface area (Å²) in [5.41, 5.74) is 5.66. The van der Waals surface area contributed by atoms with Crippen molar-refractivity contribution >= 4 is 5.91 Å². The Kier molecular flexibility index (Phi) is 5.29. The molecule has 0 aromatic rings. The topological polar surface area (TPSA) is 55.1 Å². The standard InChI is InChI=1S/C17H34N2O/c1-13-7-9-17(12-18,10-8-13)14(20)19-16(5,6)11-15(2,3)4/h13H,7-12,18H2,1-6H3,(H,19,20). The minimum Gasteiger partial charge on any atom is -0.351 e. The molecular weight excluding hydrogens is 248 g/mol. The smallest absolute Gasteiger partial charge is 0.227 e. The zero-order chi connectivity index (χ0) is 15.6. The van der Waals surface area contributed by atoms with Crippen molar-refractivity contribution in [2.45, 2.75) is 79.2 Å². The summed E-state index contributed by atoms with van der Waals surface area (Å²) in [7, 11) is 0. The molecule has 1 aliphatic rings. The monoisotopic (exact) mass is 282 g/mol. The fourth-order valence-corrected chi connectivity index (χ4v) is 3.65. The van der Waals surface area contributed by atoms with Crippen molar-refractivity contribution in [1.29, 1.82) is 0 Å². The maximum atomic E-state index is 12.8. The van der Waals surface area contributed by atoms with E-state index in [0.717, 1.165) is 38.0 Å². The number of carbonyl (C=O) groups is 1. The fourth-order valence-electron chi connectivity index (χ4n) is 3.65. The van der Waals surface area contributed by atoms with Gasteiger partial charge in [-0.05, 0) is 57.3 Å². The molecule has 1 amide bonds. The van der Waals surface area contributed by atoms with Crippen molar-refractivity contribution in [1.82, 2.24) is 5.32 Å². The summed E-state index contributed by atoms with van der Waals surface area (Å²) in [5, 5.41) is 3.27. The number of nitrogens with one attached hydrogen (secondary N) is 1. The maximum Gasteiger partial charge on any atom is 0.227 e. The van der Waals surface area contributed by atoms with Crippen LogP contribution in [0.4, 0.5) is 0 Å². The molecule has 118 valence electrons. The summed E-state index contributed by atoms with van der Waals surface area (Å²) in [6.07, 6.45) is 5.06. The molecular formula is C17H34N2O. The van der Waals surface area contributed by atoms with Crippen LogP contribution in [-0.4, -0.2) is 18.0 Å². The molecule has 0 spiro atoms. The van der Waals surface area contributed by atoms with Gasteiger partial charge in [-0.2, -0.15) is 0 Å². The van der Waals surface area contributed by atoms with Gasteiger partial charge in [-0.25, -0.2) is 0 Å². The second-order valence-corrected chi connectivity index (χ2v) is 8.74. The first-order chi connectivity index (χ1) is 9.00. The summed E-state index contributed by atoms with van der Waals surface area (Å²) in [5.74, 6) is 0.895. The zero-order valence-corrected chi connectivity index (χ0v) is 14.3. The lowest BCUT2D eigenvalue weighted by Crippen LogP contribution is -2.55. The van der Waals surface area contributed by atoms with Crippen molar-refractivity contribution in [2.24, 2.45) is 22.5 Å². The SMILES string of the molecule is CC1CCC(CN)(C(=O)NC(C)(C)CC(C)(C)C)CC1. The van der Waals surface area contributed by atoms with Gasteiger partial charge in [0.25, 0.3) is 0 Å². The highest BCUT2D eigenvalue weighted by Gasteiger charge is 2.42. The van der Waals surface area contributed by atoms with E-state index >= 15 is 0 Å². The van der Waals surface area contributed by atoms with Crippen LogP contribution in [0, 0.1) is 16.7 Å². The zero-order valence-electron chi connectivity index (χ0n) is 14.3. The number of amides is 1. The molecule has 0 aromatic heterocycles. The Bertz CT molecular complexity index is 333. The van der Waals surface area contributed by atoms with Gasteiger partial charge in [-0.3, -0.25) is 4.79 Å². The van der Waals surface area contributed by atoms with Gasteiger partial charge in [0.15, 0.2) is 0 Å². The van der Waals surface area contributed by atoms with E-state index in [9.17, 15) is 4.79 Å². The Morgan fingerprint density at radius 2 is 1.70 bits per heavy atom. The largest absolute Gasteiger partial charge is 0.351 e. The molecule has 1 fully saturated rings. The predicted octanol–water partition coefficient (Wildman–Crippen LogP) is 3.47. The number of hydrogen-bond donors (Lipinski definition) is 2. The highest BCUT2D eigenvalue weighted by molar-refractivity contribution is 5.83. The Labute approximate surface area is 125 Å². The van der Waals surface area contributed by atoms with Crippen LogP contribution >= 0.6 is 0 Å². The van der Waals surface area contributed by atoms with Gasteiger partial charge in [-0.1, -0.05) is 27.7 Å². The van der Waals surface area contributed by atoms with Crippen LogP contribution < -0.4 is 11.1 Å². The molecule has 0 unspecified atom stereocenters. The van der Waals surface area contributed by atoms with E-state index in [2.05, 4.69) is 46.9 Å². The molecule has 3 N–H and O–H groups in total. The number of carbonyl (C=O) groups excluding carboxylic acids is 1. The Morgan fingerprint density at radius 3 is 2.10 bits per heavy atom. The fraction of sp³-hybridized carbons (Fsp3) is 0.941. The van der Waals surface area contributed by atoms with E-state index in [1.807, 2.05) is 0 Å². The van der Waals surface area contributed by atoms with Crippen molar-refractivity contribution < 1.29 is 4.79 Å². The van der Waals surface area contributed by atoms with Gasteiger partial charge in [0, 0.05) is 12.1 Å². The molecule has 0 atom stereocenters. The molecule has 0 aliphatic heterocycles. The second kappa shape index (κ2) is 6.05. The van der Waals surface area contributed by atoms with E-state index in [1.54, 1.807) is 0 Å². The normalized spacial score (nSPS) is 28.2. The van der Waals surface area contributed by atoms with Crippen molar-refractivity contribution in [3.05, 3.63) is 0 Å². The molecule has 0 saturated heterocycles. The van der Waals surface area contributed by atoms with E-state index in [1.165, 1.54) is 0 Å². The van der Waals surface area contributed by atoms with Gasteiger partial charge >= 0.3 is 0 Å². The van der Waals surface area contributed by atoms with Gasteiger partial charge < -0.3 is 11.1 Å². The first kappa shape index (κ1) is 17.5. The average molecular weight is 282 g/mol. The summed E-state index contributed by atoms with van der Waals surface area (Å²) >= 11 is 0. The third-order valence-corrected chi connectivity index (χ3v) is 4.53. The number of nitrogens with two attached hydrogens (primary N) is 1. The van der Waals surface area contributed by atoms with Gasteiger partial charge in [0.05, 0.1) is 5.41 Å². The molecule has 1 saturated carbocycles. The highest BCUT2D eigenvalue weighted by atomic mass is 16.2. The Hall–Kier alpha value is -0.570. The minimum absolute atomic E-state index is 0.168. The van der Waals surface area contributed by atoms with Crippen LogP contribution in [0.15, 0.2) is 0 Å². The molecule has 0 bridgehead atoms. The Balaban J connectivity index is 2.73. The summed E-state index contributed by atoms with van der Waals surface area (Å²) in [6, 6.07) is 0. The molecule has 0 aromatic carbocycles. The summed E-state index contributed by atoms with van der Waals surface area (Å²) in [4.78, 5) is 12.8. The molecule has 3 heteroatoms. The molecule has 1 aliphatic carbocycles. The van der Waals surface area contributed by atoms with Crippen LogP contribution in [0.5, 0.6) is 0 Å². The third-order valence-electron chi connectivity index (χ3n) is 4.53. The van der Waals surface area contributed by atoms with Crippen LogP contribution in [0.1, 0.15) is 73.6 Å². The summed E-state index contributed by atoms with van der Waals surface area (Å²) in [6.45, 7) is 13.6. The van der Waals surface area contributed by atoms with Crippen LogP contribution in [0.2, 0.25) is 0 Å². The van der Waals surface area contributed by atoms with Gasteiger partial charge in [-0.15, -0.1) is 0 Å². The van der Waals surface area contributed by atoms with E-state index in [-0.39, 0.29) is 22.3 Å². The van der Waals surface area contributed by atoms with Crippen molar-refractivity contribution in [2.75, 3.05) is 6.54 Å². The minimum atomic E-state index is -0.332. The lowest BCUT2D eigenvalue weighted by Gasteiger charge is -2.41. The third kappa shape index (κ3) is 4.76. The maximum absolute atomic E-state index is 12.8. The van der Waals surface area contributed by atoms with Crippen molar-refractivity contribution in [3.8, 4) is 0 Å². The van der Waals surface area contributed by atoms with E-state index in [4.69, 9.17) is 5.73 Å². The molecule has 0 radical (unpaired) electrons. The molecule has 0 heterocycles. The number of rotatable bonds is 4. The highest BCUT2D eigenvalue weighted by Crippen LogP contribution is 2.39.